The van der Waals surface area contributed by atoms with Crippen molar-refractivity contribution in [1.29, 1.82) is 0 Å². The predicted molar refractivity (Wildman–Crippen MR) is 67.7 cm³/mol. The highest BCUT2D eigenvalue weighted by Gasteiger charge is 2.10. The van der Waals surface area contributed by atoms with Crippen molar-refractivity contribution in [3.63, 3.8) is 0 Å². The summed E-state index contributed by atoms with van der Waals surface area (Å²) in [5.41, 5.74) is 0. The molecule has 1 fully saturated rings. The zero-order chi connectivity index (χ0) is 11.9. The van der Waals surface area contributed by atoms with Crippen molar-refractivity contribution < 1.29 is 9.21 Å². The Kier molecular flexibility index (Phi) is 4.56. The molecule has 1 aliphatic rings. The van der Waals surface area contributed by atoms with E-state index in [1.807, 2.05) is 12.1 Å². The minimum atomic E-state index is 0.173. The number of carbonyl (C=O) groups is 1. The Morgan fingerprint density at radius 2 is 2.18 bits per heavy atom. The van der Waals surface area contributed by atoms with Gasteiger partial charge in [0.2, 0.25) is 0 Å². The number of carbonyl (C=O) groups excluding carboxylic acids is 1. The van der Waals surface area contributed by atoms with Crippen LogP contribution in [-0.4, -0.2) is 30.3 Å². The summed E-state index contributed by atoms with van der Waals surface area (Å²) in [6.07, 6.45) is 9.45. The zero-order valence-corrected chi connectivity index (χ0v) is 10.1. The van der Waals surface area contributed by atoms with Crippen LogP contribution in [0.15, 0.2) is 28.9 Å². The molecule has 2 rings (SSSR count). The Bertz CT molecular complexity index is 362. The highest BCUT2D eigenvalue weighted by molar-refractivity contribution is 5.93. The quantitative estimate of drug-likeness (QED) is 0.733. The van der Waals surface area contributed by atoms with Crippen molar-refractivity contribution in [3.05, 3.63) is 30.2 Å². The fourth-order valence-electron chi connectivity index (χ4n) is 2.10. The monoisotopic (exact) mass is 233 g/mol. The maximum absolute atomic E-state index is 11.6. The second kappa shape index (κ2) is 6.40. The minimum Gasteiger partial charge on any atom is -0.465 e. The third-order valence-corrected chi connectivity index (χ3v) is 3.10. The van der Waals surface area contributed by atoms with Gasteiger partial charge in [-0.15, -0.1) is 0 Å². The first-order valence-electron chi connectivity index (χ1n) is 6.31. The second-order valence-electron chi connectivity index (χ2n) is 4.47. The van der Waals surface area contributed by atoms with Gasteiger partial charge in [0.1, 0.15) is 5.76 Å². The van der Waals surface area contributed by atoms with Crippen molar-refractivity contribution in [3.8, 4) is 0 Å². The van der Waals surface area contributed by atoms with Gasteiger partial charge in [-0.25, -0.2) is 0 Å². The smallest absolute Gasteiger partial charge is 0.157 e. The molecular weight excluding hydrogens is 214 g/mol. The van der Waals surface area contributed by atoms with Crippen molar-refractivity contribution in [2.75, 3.05) is 19.6 Å². The molecule has 17 heavy (non-hydrogen) atoms. The molecule has 0 N–H and O–H groups in total. The van der Waals surface area contributed by atoms with Gasteiger partial charge in [-0.05, 0) is 50.2 Å². The van der Waals surface area contributed by atoms with E-state index in [2.05, 4.69) is 4.90 Å². The third-order valence-electron chi connectivity index (χ3n) is 3.10. The number of likely N-dealkylation sites (tertiary alicyclic amines) is 1. The van der Waals surface area contributed by atoms with Gasteiger partial charge in [0, 0.05) is 13.0 Å². The lowest BCUT2D eigenvalue weighted by Gasteiger charge is -2.25. The Labute approximate surface area is 102 Å². The third kappa shape index (κ3) is 4.19. The van der Waals surface area contributed by atoms with E-state index < -0.39 is 0 Å². The minimum absolute atomic E-state index is 0.173. The molecule has 1 aliphatic heterocycles. The van der Waals surface area contributed by atoms with Gasteiger partial charge in [-0.3, -0.25) is 4.79 Å². The van der Waals surface area contributed by atoms with Crippen LogP contribution in [0.1, 0.15) is 31.4 Å². The van der Waals surface area contributed by atoms with E-state index in [4.69, 9.17) is 4.42 Å². The molecule has 0 aliphatic carbocycles. The number of allylic oxidation sites excluding steroid dienone is 1. The summed E-state index contributed by atoms with van der Waals surface area (Å²) >= 11 is 0. The fourth-order valence-corrected chi connectivity index (χ4v) is 2.10. The van der Waals surface area contributed by atoms with E-state index in [0.717, 1.165) is 25.4 Å². The van der Waals surface area contributed by atoms with Crippen molar-refractivity contribution in [1.82, 2.24) is 4.90 Å². The average molecular weight is 233 g/mol. The molecule has 0 amide bonds. The van der Waals surface area contributed by atoms with Crippen LogP contribution in [0.2, 0.25) is 0 Å². The molecule has 0 unspecified atom stereocenters. The SMILES string of the molecule is O=C(/C=C/c1ccco1)CCN1CCCCC1. The molecule has 0 atom stereocenters. The summed E-state index contributed by atoms with van der Waals surface area (Å²) in [4.78, 5) is 14.0. The van der Waals surface area contributed by atoms with Crippen LogP contribution in [0.25, 0.3) is 6.08 Å². The van der Waals surface area contributed by atoms with Gasteiger partial charge >= 0.3 is 0 Å². The molecule has 92 valence electrons. The second-order valence-corrected chi connectivity index (χ2v) is 4.47. The van der Waals surface area contributed by atoms with Gasteiger partial charge in [0.15, 0.2) is 5.78 Å². The number of hydrogen-bond donors (Lipinski definition) is 0. The molecule has 0 radical (unpaired) electrons. The number of rotatable bonds is 5. The summed E-state index contributed by atoms with van der Waals surface area (Å²) < 4.78 is 5.13. The first-order chi connectivity index (χ1) is 8.34. The maximum atomic E-state index is 11.6. The van der Waals surface area contributed by atoms with Crippen molar-refractivity contribution in [2.45, 2.75) is 25.7 Å². The van der Waals surface area contributed by atoms with E-state index in [1.165, 1.54) is 19.3 Å². The fraction of sp³-hybridized carbons (Fsp3) is 0.500. The molecule has 1 aromatic heterocycles. The Hall–Kier alpha value is -1.35. The van der Waals surface area contributed by atoms with Crippen LogP contribution >= 0.6 is 0 Å². The lowest BCUT2D eigenvalue weighted by molar-refractivity contribution is -0.114. The van der Waals surface area contributed by atoms with Gasteiger partial charge in [-0.2, -0.15) is 0 Å². The van der Waals surface area contributed by atoms with Gasteiger partial charge in [-0.1, -0.05) is 6.42 Å². The van der Waals surface area contributed by atoms with E-state index in [1.54, 1.807) is 18.4 Å². The normalized spacial score (nSPS) is 17.6. The Morgan fingerprint density at radius 3 is 2.88 bits per heavy atom. The molecule has 0 aromatic carbocycles. The highest BCUT2D eigenvalue weighted by Crippen LogP contribution is 2.09. The van der Waals surface area contributed by atoms with Crippen LogP contribution in [-0.2, 0) is 4.79 Å². The molecular formula is C14H19NO2. The lowest BCUT2D eigenvalue weighted by Crippen LogP contribution is -2.31. The van der Waals surface area contributed by atoms with E-state index in [0.29, 0.717) is 6.42 Å². The standard InChI is InChI=1S/C14H19NO2/c16-13(6-7-14-5-4-12-17-14)8-11-15-9-2-1-3-10-15/h4-7,12H,1-3,8-11H2/b7-6+. The summed E-state index contributed by atoms with van der Waals surface area (Å²) in [7, 11) is 0. The zero-order valence-electron chi connectivity index (χ0n) is 10.1. The number of ketones is 1. The number of furan rings is 1. The summed E-state index contributed by atoms with van der Waals surface area (Å²) in [5, 5.41) is 0. The Morgan fingerprint density at radius 1 is 1.35 bits per heavy atom. The predicted octanol–water partition coefficient (Wildman–Crippen LogP) is 2.74. The molecule has 0 spiro atoms. The maximum Gasteiger partial charge on any atom is 0.157 e. The first kappa shape index (κ1) is 12.1. The van der Waals surface area contributed by atoms with Gasteiger partial charge in [0.05, 0.1) is 6.26 Å². The van der Waals surface area contributed by atoms with Crippen LogP contribution < -0.4 is 0 Å². The van der Waals surface area contributed by atoms with Gasteiger partial charge in [0.25, 0.3) is 0 Å². The van der Waals surface area contributed by atoms with Crippen molar-refractivity contribution in [2.24, 2.45) is 0 Å². The highest BCUT2D eigenvalue weighted by atomic mass is 16.3. The van der Waals surface area contributed by atoms with Crippen LogP contribution in [0.4, 0.5) is 0 Å². The van der Waals surface area contributed by atoms with E-state index >= 15 is 0 Å². The summed E-state index contributed by atoms with van der Waals surface area (Å²) in [6, 6.07) is 3.66. The first-order valence-corrected chi connectivity index (χ1v) is 6.31. The number of hydrogen-bond acceptors (Lipinski definition) is 3. The molecule has 3 nitrogen and oxygen atoms in total. The lowest BCUT2D eigenvalue weighted by atomic mass is 10.1. The number of nitrogens with zero attached hydrogens (tertiary/aromatic N) is 1. The molecule has 3 heteroatoms. The molecule has 1 saturated heterocycles. The van der Waals surface area contributed by atoms with E-state index in [-0.39, 0.29) is 5.78 Å². The van der Waals surface area contributed by atoms with Crippen molar-refractivity contribution >= 4 is 11.9 Å². The topological polar surface area (TPSA) is 33.5 Å². The van der Waals surface area contributed by atoms with Crippen LogP contribution in [0.3, 0.4) is 0 Å². The number of piperidine rings is 1. The Balaban J connectivity index is 1.70. The molecule has 2 heterocycles. The van der Waals surface area contributed by atoms with Gasteiger partial charge < -0.3 is 9.32 Å². The largest absolute Gasteiger partial charge is 0.465 e. The molecule has 0 saturated carbocycles. The van der Waals surface area contributed by atoms with Crippen LogP contribution in [0.5, 0.6) is 0 Å². The summed E-state index contributed by atoms with van der Waals surface area (Å²) in [5.74, 6) is 0.906. The molecule has 1 aromatic rings. The van der Waals surface area contributed by atoms with E-state index in [9.17, 15) is 4.79 Å². The average Bonchev–Trinajstić information content (AvgIpc) is 2.88. The van der Waals surface area contributed by atoms with Crippen LogP contribution in [0, 0.1) is 0 Å². The summed E-state index contributed by atoms with van der Waals surface area (Å²) in [6.45, 7) is 3.19. The molecule has 0 bridgehead atoms.